The predicted octanol–water partition coefficient (Wildman–Crippen LogP) is 2.79. The van der Waals surface area contributed by atoms with E-state index in [1.54, 1.807) is 7.11 Å². The molecular weight excluding hydrogens is 268 g/mol. The summed E-state index contributed by atoms with van der Waals surface area (Å²) in [7, 11) is 1.73. The number of ether oxygens (including phenoxy) is 2. The first-order valence-electron chi connectivity index (χ1n) is 8.13. The number of hydrogen-bond acceptors (Lipinski definition) is 4. The molecule has 1 atom stereocenters. The molecule has 1 aliphatic rings. The molecule has 5 nitrogen and oxygen atoms in total. The van der Waals surface area contributed by atoms with Gasteiger partial charge in [0, 0.05) is 32.8 Å². The van der Waals surface area contributed by atoms with Gasteiger partial charge in [-0.15, -0.1) is 0 Å². The number of carbonyl (C=O) groups excluding carboxylic acids is 1. The largest absolute Gasteiger partial charge is 0.444 e. The predicted molar refractivity (Wildman–Crippen MR) is 84.6 cm³/mol. The summed E-state index contributed by atoms with van der Waals surface area (Å²) in [5.74, 6) is 0. The van der Waals surface area contributed by atoms with Crippen molar-refractivity contribution in [2.45, 2.75) is 64.5 Å². The van der Waals surface area contributed by atoms with Crippen LogP contribution in [0, 0.1) is 0 Å². The van der Waals surface area contributed by atoms with E-state index in [0.717, 1.165) is 51.9 Å². The fraction of sp³-hybridized carbons (Fsp3) is 0.938. The van der Waals surface area contributed by atoms with Crippen molar-refractivity contribution < 1.29 is 14.3 Å². The molecule has 0 aliphatic carbocycles. The summed E-state index contributed by atoms with van der Waals surface area (Å²) in [6.07, 6.45) is 5.33. The highest BCUT2D eigenvalue weighted by Gasteiger charge is 2.29. The van der Waals surface area contributed by atoms with Gasteiger partial charge in [0.05, 0.1) is 0 Å². The normalized spacial score (nSPS) is 19.6. The van der Waals surface area contributed by atoms with Gasteiger partial charge in [-0.3, -0.25) is 0 Å². The van der Waals surface area contributed by atoms with Gasteiger partial charge in [0.25, 0.3) is 0 Å². The first-order chi connectivity index (χ1) is 9.94. The van der Waals surface area contributed by atoms with E-state index < -0.39 is 5.60 Å². The molecule has 1 heterocycles. The molecule has 0 saturated carbocycles. The van der Waals surface area contributed by atoms with Crippen LogP contribution in [0.2, 0.25) is 0 Å². The Balaban J connectivity index is 2.33. The fourth-order valence-corrected chi connectivity index (χ4v) is 2.54. The highest BCUT2D eigenvalue weighted by molar-refractivity contribution is 5.68. The van der Waals surface area contributed by atoms with Crippen LogP contribution in [0.4, 0.5) is 4.79 Å². The summed E-state index contributed by atoms with van der Waals surface area (Å²) in [5, 5.41) is 3.46. The van der Waals surface area contributed by atoms with E-state index in [2.05, 4.69) is 5.32 Å². The number of hydrogen-bond donors (Lipinski definition) is 1. The molecule has 0 aromatic heterocycles. The molecular formula is C16H32N2O3. The minimum atomic E-state index is -0.424. The smallest absolute Gasteiger partial charge is 0.410 e. The Morgan fingerprint density at radius 3 is 2.71 bits per heavy atom. The van der Waals surface area contributed by atoms with Crippen LogP contribution in [-0.2, 0) is 9.47 Å². The Labute approximate surface area is 129 Å². The quantitative estimate of drug-likeness (QED) is 0.735. The number of unbranched alkanes of at least 4 members (excludes halogenated alkanes) is 1. The number of amides is 1. The third-order valence-corrected chi connectivity index (χ3v) is 3.59. The standard InChI is InChI=1S/C16H32N2O3/c1-16(2,3)21-15(19)18-11-7-5-9-14(18)13-17-10-6-8-12-20-4/h14,17H,5-13H2,1-4H3. The van der Waals surface area contributed by atoms with Crippen molar-refractivity contribution in [3.63, 3.8) is 0 Å². The lowest BCUT2D eigenvalue weighted by molar-refractivity contribution is 0.00997. The van der Waals surface area contributed by atoms with E-state index in [4.69, 9.17) is 9.47 Å². The maximum atomic E-state index is 12.3. The topological polar surface area (TPSA) is 50.8 Å². The lowest BCUT2D eigenvalue weighted by atomic mass is 10.0. The summed E-state index contributed by atoms with van der Waals surface area (Å²) in [5.41, 5.74) is -0.424. The van der Waals surface area contributed by atoms with Crippen molar-refractivity contribution in [2.75, 3.05) is 33.4 Å². The number of methoxy groups -OCH3 is 1. The maximum absolute atomic E-state index is 12.3. The van der Waals surface area contributed by atoms with Gasteiger partial charge in [-0.1, -0.05) is 0 Å². The van der Waals surface area contributed by atoms with Gasteiger partial charge < -0.3 is 19.7 Å². The van der Waals surface area contributed by atoms with Gasteiger partial charge in [-0.2, -0.15) is 0 Å². The van der Waals surface area contributed by atoms with E-state index in [0.29, 0.717) is 0 Å². The Morgan fingerprint density at radius 1 is 1.29 bits per heavy atom. The molecule has 1 saturated heterocycles. The lowest BCUT2D eigenvalue weighted by Gasteiger charge is -2.37. The van der Waals surface area contributed by atoms with E-state index >= 15 is 0 Å². The van der Waals surface area contributed by atoms with E-state index in [9.17, 15) is 4.79 Å². The van der Waals surface area contributed by atoms with E-state index in [1.165, 1.54) is 6.42 Å². The molecule has 5 heteroatoms. The second-order valence-corrected chi connectivity index (χ2v) is 6.73. The number of rotatable bonds is 7. The van der Waals surface area contributed by atoms with Crippen molar-refractivity contribution in [1.82, 2.24) is 10.2 Å². The molecule has 0 radical (unpaired) electrons. The molecule has 0 bridgehead atoms. The third-order valence-electron chi connectivity index (χ3n) is 3.59. The van der Waals surface area contributed by atoms with Gasteiger partial charge in [-0.05, 0) is 59.4 Å². The zero-order valence-electron chi connectivity index (χ0n) is 14.1. The third kappa shape index (κ3) is 7.67. The molecule has 1 N–H and O–H groups in total. The van der Waals surface area contributed by atoms with Gasteiger partial charge in [-0.25, -0.2) is 4.79 Å². The first-order valence-corrected chi connectivity index (χ1v) is 8.13. The van der Waals surface area contributed by atoms with Crippen LogP contribution in [0.5, 0.6) is 0 Å². The van der Waals surface area contributed by atoms with Gasteiger partial charge in [0.15, 0.2) is 0 Å². The van der Waals surface area contributed by atoms with Crippen molar-refractivity contribution in [1.29, 1.82) is 0 Å². The zero-order chi connectivity index (χ0) is 15.7. The maximum Gasteiger partial charge on any atom is 0.410 e. The number of carbonyl (C=O) groups is 1. The minimum absolute atomic E-state index is 0.173. The molecule has 1 fully saturated rings. The first kappa shape index (κ1) is 18.2. The summed E-state index contributed by atoms with van der Waals surface area (Å²) in [6.45, 7) is 9.20. The molecule has 1 aliphatic heterocycles. The Hall–Kier alpha value is -0.810. The number of nitrogens with one attached hydrogen (secondary N) is 1. The summed E-state index contributed by atoms with van der Waals surface area (Å²) in [4.78, 5) is 14.2. The number of nitrogens with zero attached hydrogens (tertiary/aromatic N) is 1. The zero-order valence-corrected chi connectivity index (χ0v) is 14.1. The Kier molecular flexibility index (Phi) is 8.04. The van der Waals surface area contributed by atoms with Crippen LogP contribution >= 0.6 is 0 Å². The minimum Gasteiger partial charge on any atom is -0.444 e. The second kappa shape index (κ2) is 9.26. The fourth-order valence-electron chi connectivity index (χ4n) is 2.54. The number of likely N-dealkylation sites (tertiary alicyclic amines) is 1. The van der Waals surface area contributed by atoms with Gasteiger partial charge >= 0.3 is 6.09 Å². The van der Waals surface area contributed by atoms with Crippen molar-refractivity contribution in [3.8, 4) is 0 Å². The molecule has 1 rings (SSSR count). The second-order valence-electron chi connectivity index (χ2n) is 6.73. The van der Waals surface area contributed by atoms with Crippen LogP contribution < -0.4 is 5.32 Å². The Bertz CT molecular complexity index is 302. The number of piperidine rings is 1. The van der Waals surface area contributed by atoms with E-state index in [-0.39, 0.29) is 12.1 Å². The monoisotopic (exact) mass is 300 g/mol. The molecule has 21 heavy (non-hydrogen) atoms. The highest BCUT2D eigenvalue weighted by Crippen LogP contribution is 2.20. The van der Waals surface area contributed by atoms with Crippen LogP contribution in [0.15, 0.2) is 0 Å². The van der Waals surface area contributed by atoms with Crippen LogP contribution in [0.3, 0.4) is 0 Å². The molecule has 0 spiro atoms. The van der Waals surface area contributed by atoms with Crippen molar-refractivity contribution in [3.05, 3.63) is 0 Å². The van der Waals surface area contributed by atoms with E-state index in [1.807, 2.05) is 25.7 Å². The molecule has 0 aromatic carbocycles. The van der Waals surface area contributed by atoms with Crippen molar-refractivity contribution in [2.24, 2.45) is 0 Å². The van der Waals surface area contributed by atoms with Crippen molar-refractivity contribution >= 4 is 6.09 Å². The summed E-state index contributed by atoms with van der Waals surface area (Å²) < 4.78 is 10.5. The van der Waals surface area contributed by atoms with Crippen LogP contribution in [-0.4, -0.2) is 56.0 Å². The summed E-state index contributed by atoms with van der Waals surface area (Å²) >= 11 is 0. The van der Waals surface area contributed by atoms with Crippen LogP contribution in [0.1, 0.15) is 52.9 Å². The molecule has 0 aromatic rings. The molecule has 1 unspecified atom stereocenters. The molecule has 1 amide bonds. The van der Waals surface area contributed by atoms with Gasteiger partial charge in [0.1, 0.15) is 5.60 Å². The van der Waals surface area contributed by atoms with Gasteiger partial charge in [0.2, 0.25) is 0 Å². The highest BCUT2D eigenvalue weighted by atomic mass is 16.6. The summed E-state index contributed by atoms with van der Waals surface area (Å²) in [6, 6.07) is 0.260. The molecule has 124 valence electrons. The van der Waals surface area contributed by atoms with Crippen LogP contribution in [0.25, 0.3) is 0 Å². The SMILES string of the molecule is COCCCCNCC1CCCCN1C(=O)OC(C)(C)C. The Morgan fingerprint density at radius 2 is 2.05 bits per heavy atom. The average molecular weight is 300 g/mol. The average Bonchev–Trinajstić information content (AvgIpc) is 2.41. The lowest BCUT2D eigenvalue weighted by Crippen LogP contribution is -2.50.